The highest BCUT2D eigenvalue weighted by atomic mass is 32.2. The third kappa shape index (κ3) is 2.31. The summed E-state index contributed by atoms with van der Waals surface area (Å²) >= 11 is 0. The first-order chi connectivity index (χ1) is 6.44. The molecule has 0 aromatic carbocycles. The Morgan fingerprint density at radius 1 is 1.43 bits per heavy atom. The number of hydrogen-bond acceptors (Lipinski definition) is 3. The molecular weight excluding hydrogens is 204 g/mol. The van der Waals surface area contributed by atoms with Crippen molar-refractivity contribution in [3.63, 3.8) is 0 Å². The van der Waals surface area contributed by atoms with E-state index in [0.29, 0.717) is 6.54 Å². The van der Waals surface area contributed by atoms with E-state index in [4.69, 9.17) is 0 Å². The van der Waals surface area contributed by atoms with Crippen LogP contribution in [0.25, 0.3) is 0 Å². The molecule has 1 N–H and O–H groups in total. The second kappa shape index (κ2) is 4.07. The van der Waals surface area contributed by atoms with Crippen LogP contribution < -0.4 is 0 Å². The van der Waals surface area contributed by atoms with Crippen LogP contribution in [0.4, 0.5) is 0 Å². The molecule has 0 spiro atoms. The Morgan fingerprint density at radius 2 is 2.07 bits per heavy atom. The predicted octanol–water partition coefficient (Wildman–Crippen LogP) is -0.352. The lowest BCUT2D eigenvalue weighted by atomic mass is 10.4. The van der Waals surface area contributed by atoms with Crippen molar-refractivity contribution >= 4 is 10.2 Å². The average Bonchev–Trinajstić information content (AvgIpc) is 2.56. The molecule has 0 saturated heterocycles. The fourth-order valence-corrected chi connectivity index (χ4v) is 1.85. The number of aromatic amines is 1. The van der Waals surface area contributed by atoms with Gasteiger partial charge in [-0.1, -0.05) is 0 Å². The van der Waals surface area contributed by atoms with Crippen LogP contribution in [0.1, 0.15) is 5.56 Å². The summed E-state index contributed by atoms with van der Waals surface area (Å²) in [5.41, 5.74) is 0.831. The third-order valence-corrected chi connectivity index (χ3v) is 3.66. The summed E-state index contributed by atoms with van der Waals surface area (Å²) in [5, 5.41) is 6.37. The van der Waals surface area contributed by atoms with Gasteiger partial charge in [0.15, 0.2) is 0 Å². The van der Waals surface area contributed by atoms with Crippen molar-refractivity contribution in [1.29, 1.82) is 0 Å². The molecule has 0 aliphatic rings. The topological polar surface area (TPSA) is 69.3 Å². The minimum absolute atomic E-state index is 0.316. The van der Waals surface area contributed by atoms with Gasteiger partial charge in [0.1, 0.15) is 0 Å². The zero-order chi connectivity index (χ0) is 10.8. The van der Waals surface area contributed by atoms with Gasteiger partial charge in [0.25, 0.3) is 10.2 Å². The van der Waals surface area contributed by atoms with Gasteiger partial charge in [-0.25, -0.2) is 0 Å². The van der Waals surface area contributed by atoms with Gasteiger partial charge < -0.3 is 0 Å². The van der Waals surface area contributed by atoms with E-state index in [1.807, 2.05) is 0 Å². The monoisotopic (exact) mass is 218 g/mol. The number of hydrogen-bond donors (Lipinski definition) is 1. The Kier molecular flexibility index (Phi) is 3.25. The summed E-state index contributed by atoms with van der Waals surface area (Å²) in [7, 11) is 1.20. The Labute approximate surface area is 83.7 Å². The first kappa shape index (κ1) is 11.2. The fraction of sp³-hybridized carbons (Fsp3) is 0.571. The Hall–Kier alpha value is -0.920. The molecule has 0 saturated carbocycles. The maximum Gasteiger partial charge on any atom is 0.281 e. The van der Waals surface area contributed by atoms with Gasteiger partial charge in [-0.15, -0.1) is 0 Å². The second-order valence-electron chi connectivity index (χ2n) is 3.15. The maximum atomic E-state index is 11.6. The van der Waals surface area contributed by atoms with Crippen LogP contribution in [0.3, 0.4) is 0 Å². The van der Waals surface area contributed by atoms with Crippen molar-refractivity contribution in [3.05, 3.63) is 18.0 Å². The molecule has 0 radical (unpaired) electrons. The second-order valence-corrected chi connectivity index (χ2v) is 5.40. The van der Waals surface area contributed by atoms with E-state index in [-0.39, 0.29) is 0 Å². The first-order valence-electron chi connectivity index (χ1n) is 4.06. The summed E-state index contributed by atoms with van der Waals surface area (Å²) in [5.74, 6) is 0. The number of nitrogens with zero attached hydrogens (tertiary/aromatic N) is 3. The van der Waals surface area contributed by atoms with Crippen molar-refractivity contribution in [1.82, 2.24) is 18.8 Å². The fourth-order valence-electron chi connectivity index (χ4n) is 0.982. The van der Waals surface area contributed by atoms with Crippen molar-refractivity contribution in [3.8, 4) is 0 Å². The van der Waals surface area contributed by atoms with Crippen molar-refractivity contribution in [2.45, 2.75) is 6.54 Å². The highest BCUT2D eigenvalue weighted by Crippen LogP contribution is 2.06. The summed E-state index contributed by atoms with van der Waals surface area (Å²) < 4.78 is 25.6. The normalized spacial score (nSPS) is 12.6. The van der Waals surface area contributed by atoms with E-state index >= 15 is 0 Å². The summed E-state index contributed by atoms with van der Waals surface area (Å²) in [6.45, 7) is 0.316. The van der Waals surface area contributed by atoms with E-state index in [2.05, 4.69) is 10.2 Å². The molecule has 0 atom stereocenters. The van der Waals surface area contributed by atoms with Crippen LogP contribution in [0, 0.1) is 0 Å². The van der Waals surface area contributed by atoms with Gasteiger partial charge in [0, 0.05) is 39.4 Å². The van der Waals surface area contributed by atoms with Gasteiger partial charge in [-0.3, -0.25) is 5.10 Å². The van der Waals surface area contributed by atoms with Gasteiger partial charge in [-0.2, -0.15) is 22.1 Å². The Morgan fingerprint density at radius 3 is 2.50 bits per heavy atom. The predicted molar refractivity (Wildman–Crippen MR) is 52.7 cm³/mol. The number of aromatic nitrogens is 2. The SMILES string of the molecule is CN(C)S(=O)(=O)N(C)Cc1cn[nH]c1. The van der Waals surface area contributed by atoms with Crippen molar-refractivity contribution in [2.24, 2.45) is 0 Å². The molecule has 14 heavy (non-hydrogen) atoms. The van der Waals surface area contributed by atoms with Gasteiger partial charge >= 0.3 is 0 Å². The molecule has 1 aromatic heterocycles. The van der Waals surface area contributed by atoms with E-state index in [1.54, 1.807) is 12.4 Å². The van der Waals surface area contributed by atoms with E-state index < -0.39 is 10.2 Å². The van der Waals surface area contributed by atoms with Crippen LogP contribution in [-0.4, -0.2) is 48.4 Å². The standard InChI is InChI=1S/C7H14N4O2S/c1-10(2)14(12,13)11(3)6-7-4-8-9-5-7/h4-5H,6H2,1-3H3,(H,8,9). The van der Waals surface area contributed by atoms with Gasteiger partial charge in [-0.05, 0) is 0 Å². The lowest BCUT2D eigenvalue weighted by Crippen LogP contribution is -2.36. The molecule has 0 bridgehead atoms. The summed E-state index contributed by atoms with van der Waals surface area (Å²) in [4.78, 5) is 0. The van der Waals surface area contributed by atoms with Crippen LogP contribution in [-0.2, 0) is 16.8 Å². The quantitative estimate of drug-likeness (QED) is 0.751. The van der Waals surface area contributed by atoms with E-state index in [0.717, 1.165) is 5.56 Å². The van der Waals surface area contributed by atoms with Crippen LogP contribution in [0.2, 0.25) is 0 Å². The van der Waals surface area contributed by atoms with Crippen LogP contribution >= 0.6 is 0 Å². The van der Waals surface area contributed by atoms with E-state index in [9.17, 15) is 8.42 Å². The largest absolute Gasteiger partial charge is 0.285 e. The highest BCUT2D eigenvalue weighted by molar-refractivity contribution is 7.86. The lowest BCUT2D eigenvalue weighted by molar-refractivity contribution is 0.414. The van der Waals surface area contributed by atoms with Crippen molar-refractivity contribution in [2.75, 3.05) is 21.1 Å². The molecule has 1 aromatic rings. The number of nitrogens with one attached hydrogen (secondary N) is 1. The molecule has 0 aliphatic carbocycles. The summed E-state index contributed by atoms with van der Waals surface area (Å²) in [6.07, 6.45) is 3.27. The molecule has 0 aliphatic heterocycles. The molecule has 1 rings (SSSR count). The number of H-pyrrole nitrogens is 1. The van der Waals surface area contributed by atoms with Gasteiger partial charge in [0.05, 0.1) is 6.20 Å². The maximum absolute atomic E-state index is 11.6. The molecule has 1 heterocycles. The van der Waals surface area contributed by atoms with Crippen molar-refractivity contribution < 1.29 is 8.42 Å². The molecule has 7 heteroatoms. The molecule has 0 unspecified atom stereocenters. The molecular formula is C7H14N4O2S. The Bertz CT molecular complexity index is 370. The van der Waals surface area contributed by atoms with Crippen LogP contribution in [0.15, 0.2) is 12.4 Å². The first-order valence-corrected chi connectivity index (χ1v) is 5.45. The smallest absolute Gasteiger partial charge is 0.281 e. The molecule has 80 valence electrons. The number of rotatable bonds is 4. The average molecular weight is 218 g/mol. The summed E-state index contributed by atoms with van der Waals surface area (Å²) in [6, 6.07) is 0. The highest BCUT2D eigenvalue weighted by Gasteiger charge is 2.20. The minimum Gasteiger partial charge on any atom is -0.285 e. The lowest BCUT2D eigenvalue weighted by Gasteiger charge is -2.20. The zero-order valence-corrected chi connectivity index (χ0v) is 9.24. The minimum atomic E-state index is -3.33. The molecule has 0 amide bonds. The van der Waals surface area contributed by atoms with Crippen LogP contribution in [0.5, 0.6) is 0 Å². The van der Waals surface area contributed by atoms with Gasteiger partial charge in [0.2, 0.25) is 0 Å². The zero-order valence-electron chi connectivity index (χ0n) is 8.43. The van der Waals surface area contributed by atoms with E-state index in [1.165, 1.54) is 29.8 Å². The molecule has 6 nitrogen and oxygen atoms in total. The third-order valence-electron chi connectivity index (χ3n) is 1.82. The Balaban J connectivity index is 2.72. The molecule has 0 fully saturated rings.